The Morgan fingerprint density at radius 1 is 1.19 bits per heavy atom. The molecule has 0 aliphatic heterocycles. The van der Waals surface area contributed by atoms with Crippen LogP contribution in [0.15, 0.2) is 30.3 Å². The van der Waals surface area contributed by atoms with Gasteiger partial charge in [-0.3, -0.25) is 9.59 Å². The van der Waals surface area contributed by atoms with E-state index in [1.165, 1.54) is 0 Å². The number of hydrogen-bond donors (Lipinski definition) is 1. The van der Waals surface area contributed by atoms with Gasteiger partial charge in [-0.15, -0.1) is 0 Å². The van der Waals surface area contributed by atoms with Crippen LogP contribution in [0.25, 0.3) is 0 Å². The Bertz CT molecular complexity index is 524. The van der Waals surface area contributed by atoms with Gasteiger partial charge in [-0.25, -0.2) is 0 Å². The van der Waals surface area contributed by atoms with Gasteiger partial charge in [0.2, 0.25) is 5.91 Å². The highest BCUT2D eigenvalue weighted by Crippen LogP contribution is 2.48. The lowest BCUT2D eigenvalue weighted by Gasteiger charge is -2.31. The van der Waals surface area contributed by atoms with Gasteiger partial charge in [0, 0.05) is 6.42 Å². The van der Waals surface area contributed by atoms with Crippen molar-refractivity contribution in [2.75, 3.05) is 0 Å². The zero-order valence-corrected chi connectivity index (χ0v) is 13.4. The fraction of sp³-hybridized carbons (Fsp3) is 0.556. The molecule has 1 aliphatic rings. The van der Waals surface area contributed by atoms with E-state index in [9.17, 15) is 9.59 Å². The van der Waals surface area contributed by atoms with Crippen LogP contribution >= 0.6 is 0 Å². The van der Waals surface area contributed by atoms with Crippen LogP contribution in [0.1, 0.15) is 52.5 Å². The van der Waals surface area contributed by atoms with Crippen molar-refractivity contribution in [2.45, 2.75) is 58.4 Å². The van der Waals surface area contributed by atoms with Crippen LogP contribution in [0.3, 0.4) is 0 Å². The van der Waals surface area contributed by atoms with E-state index in [1.807, 2.05) is 58.0 Å². The first kappa shape index (κ1) is 15.7. The number of hydrogen-bond acceptors (Lipinski definition) is 2. The lowest BCUT2D eigenvalue weighted by Crippen LogP contribution is -2.51. The normalized spacial score (nSPS) is 17.9. The summed E-state index contributed by atoms with van der Waals surface area (Å²) in [7, 11) is 0. The summed E-state index contributed by atoms with van der Waals surface area (Å²) in [4.78, 5) is 24.9. The molecule has 3 nitrogen and oxygen atoms in total. The number of rotatable bonds is 5. The maximum Gasteiger partial charge on any atom is 0.231 e. The molecular weight excluding hydrogens is 262 g/mol. The van der Waals surface area contributed by atoms with Gasteiger partial charge in [-0.05, 0) is 23.8 Å². The molecule has 1 amide bonds. The second-order valence-electron chi connectivity index (χ2n) is 7.04. The summed E-state index contributed by atoms with van der Waals surface area (Å²) < 4.78 is 0. The highest BCUT2D eigenvalue weighted by atomic mass is 16.2. The molecule has 1 N–H and O–H groups in total. The summed E-state index contributed by atoms with van der Waals surface area (Å²) >= 11 is 0. The van der Waals surface area contributed by atoms with Crippen molar-refractivity contribution in [1.29, 1.82) is 0 Å². The molecule has 1 fully saturated rings. The fourth-order valence-corrected chi connectivity index (χ4v) is 2.78. The molecule has 114 valence electrons. The molecule has 0 heterocycles. The van der Waals surface area contributed by atoms with Crippen LogP contribution < -0.4 is 5.32 Å². The molecule has 0 radical (unpaired) electrons. The van der Waals surface area contributed by atoms with E-state index in [4.69, 9.17) is 0 Å². The maximum atomic E-state index is 12.7. The van der Waals surface area contributed by atoms with Crippen LogP contribution in [0, 0.1) is 5.41 Å². The molecule has 1 unspecified atom stereocenters. The summed E-state index contributed by atoms with van der Waals surface area (Å²) in [5.74, 6) is 0.0927. The lowest BCUT2D eigenvalue weighted by atomic mass is 9.82. The minimum Gasteiger partial charge on any atom is -0.345 e. The lowest BCUT2D eigenvalue weighted by molar-refractivity contribution is -0.131. The predicted molar refractivity (Wildman–Crippen MR) is 84.0 cm³/mol. The number of nitrogens with one attached hydrogen (secondary N) is 1. The molecular formula is C18H25NO2. The van der Waals surface area contributed by atoms with Gasteiger partial charge in [-0.2, -0.15) is 0 Å². The molecule has 1 atom stereocenters. The third kappa shape index (κ3) is 3.17. The molecule has 0 aromatic heterocycles. The Morgan fingerprint density at radius 2 is 1.76 bits per heavy atom. The molecule has 0 bridgehead atoms. The minimum atomic E-state index is -0.420. The van der Waals surface area contributed by atoms with E-state index in [-0.39, 0.29) is 17.1 Å². The standard InChI is InChI=1S/C18H25NO2/c1-5-14(20)15(17(2,3)4)19-16(21)18(11-12-18)13-9-7-6-8-10-13/h6-10,15H,5,11-12H2,1-4H3,(H,19,21). The molecule has 1 aromatic carbocycles. The van der Waals surface area contributed by atoms with Gasteiger partial charge in [0.25, 0.3) is 0 Å². The number of amides is 1. The third-order valence-corrected chi connectivity index (χ3v) is 4.32. The molecule has 21 heavy (non-hydrogen) atoms. The van der Waals surface area contributed by atoms with Gasteiger partial charge in [-0.1, -0.05) is 58.0 Å². The minimum absolute atomic E-state index is 0.00424. The molecule has 2 rings (SSSR count). The third-order valence-electron chi connectivity index (χ3n) is 4.32. The van der Waals surface area contributed by atoms with E-state index in [1.54, 1.807) is 0 Å². The van der Waals surface area contributed by atoms with Crippen molar-refractivity contribution in [2.24, 2.45) is 5.41 Å². The van der Waals surface area contributed by atoms with Crippen LogP contribution in [0.5, 0.6) is 0 Å². The zero-order chi connectivity index (χ0) is 15.7. The highest BCUT2D eigenvalue weighted by molar-refractivity contribution is 5.96. The summed E-state index contributed by atoms with van der Waals surface area (Å²) in [6.07, 6.45) is 2.17. The van der Waals surface area contributed by atoms with Gasteiger partial charge < -0.3 is 5.32 Å². The number of carbonyl (C=O) groups is 2. The number of ketones is 1. The van der Waals surface area contributed by atoms with Crippen molar-refractivity contribution >= 4 is 11.7 Å². The molecule has 3 heteroatoms. The monoisotopic (exact) mass is 287 g/mol. The first-order valence-electron chi connectivity index (χ1n) is 7.70. The van der Waals surface area contributed by atoms with Crippen molar-refractivity contribution in [1.82, 2.24) is 5.32 Å². The molecule has 1 saturated carbocycles. The summed E-state index contributed by atoms with van der Waals surface area (Å²) in [5.41, 5.74) is 0.369. The van der Waals surface area contributed by atoms with Crippen molar-refractivity contribution in [3.63, 3.8) is 0 Å². The topological polar surface area (TPSA) is 46.2 Å². The highest BCUT2D eigenvalue weighted by Gasteiger charge is 2.52. The Hall–Kier alpha value is -1.64. The van der Waals surface area contributed by atoms with Crippen molar-refractivity contribution in [3.8, 4) is 0 Å². The summed E-state index contributed by atoms with van der Waals surface area (Å²) in [5, 5.41) is 3.02. The number of Topliss-reactive ketones (excluding diaryl/α,β-unsaturated/α-hetero) is 1. The number of benzene rings is 1. The summed E-state index contributed by atoms with van der Waals surface area (Å²) in [6.45, 7) is 7.83. The average molecular weight is 287 g/mol. The second-order valence-corrected chi connectivity index (χ2v) is 7.04. The largest absolute Gasteiger partial charge is 0.345 e. The SMILES string of the molecule is CCC(=O)C(NC(=O)C1(c2ccccc2)CC1)C(C)(C)C. The van der Waals surface area contributed by atoms with Crippen LogP contribution in [0.4, 0.5) is 0 Å². The molecule has 0 spiro atoms. The van der Waals surface area contributed by atoms with Crippen LogP contribution in [0.2, 0.25) is 0 Å². The molecule has 0 saturated heterocycles. The van der Waals surface area contributed by atoms with Crippen molar-refractivity contribution in [3.05, 3.63) is 35.9 Å². The fourth-order valence-electron chi connectivity index (χ4n) is 2.78. The Labute approximate surface area is 127 Å². The van der Waals surface area contributed by atoms with Crippen LogP contribution in [-0.4, -0.2) is 17.7 Å². The smallest absolute Gasteiger partial charge is 0.231 e. The quantitative estimate of drug-likeness (QED) is 0.903. The maximum absolute atomic E-state index is 12.7. The summed E-state index contributed by atoms with van der Waals surface area (Å²) in [6, 6.07) is 9.45. The zero-order valence-electron chi connectivity index (χ0n) is 13.4. The Balaban J connectivity index is 2.19. The van der Waals surface area contributed by atoms with Gasteiger partial charge in [0.05, 0.1) is 11.5 Å². The van der Waals surface area contributed by atoms with E-state index < -0.39 is 11.5 Å². The van der Waals surface area contributed by atoms with E-state index in [0.29, 0.717) is 6.42 Å². The predicted octanol–water partition coefficient (Wildman–Crippen LogP) is 3.23. The first-order valence-corrected chi connectivity index (χ1v) is 7.70. The molecule has 1 aliphatic carbocycles. The Morgan fingerprint density at radius 3 is 2.19 bits per heavy atom. The van der Waals surface area contributed by atoms with Crippen LogP contribution in [-0.2, 0) is 15.0 Å². The van der Waals surface area contributed by atoms with E-state index >= 15 is 0 Å². The van der Waals surface area contributed by atoms with Gasteiger partial charge in [0.1, 0.15) is 0 Å². The Kier molecular flexibility index (Phi) is 4.22. The van der Waals surface area contributed by atoms with Gasteiger partial charge >= 0.3 is 0 Å². The molecule has 1 aromatic rings. The average Bonchev–Trinajstić information content (AvgIpc) is 3.25. The second kappa shape index (κ2) is 5.63. The van der Waals surface area contributed by atoms with E-state index in [0.717, 1.165) is 18.4 Å². The number of carbonyl (C=O) groups excluding carboxylic acids is 2. The van der Waals surface area contributed by atoms with Gasteiger partial charge in [0.15, 0.2) is 5.78 Å². The first-order chi connectivity index (χ1) is 9.81. The van der Waals surface area contributed by atoms with E-state index in [2.05, 4.69) is 5.32 Å². The van der Waals surface area contributed by atoms with Crippen molar-refractivity contribution < 1.29 is 9.59 Å².